The van der Waals surface area contributed by atoms with Crippen molar-refractivity contribution in [2.75, 3.05) is 18.1 Å². The fourth-order valence-corrected chi connectivity index (χ4v) is 5.30. The molecule has 0 aromatic carbocycles. The second-order valence-corrected chi connectivity index (χ2v) is 7.98. The van der Waals surface area contributed by atoms with Gasteiger partial charge in [0, 0.05) is 34.7 Å². The number of ether oxygens (including phenoxy) is 1. The molecule has 1 spiro atoms. The van der Waals surface area contributed by atoms with Crippen molar-refractivity contribution in [1.82, 2.24) is 5.32 Å². The van der Waals surface area contributed by atoms with Crippen molar-refractivity contribution in [3.05, 3.63) is 21.9 Å². The normalized spacial score (nSPS) is 31.1. The van der Waals surface area contributed by atoms with E-state index in [1.54, 1.807) is 0 Å². The predicted octanol–water partition coefficient (Wildman–Crippen LogP) is 3.45. The Hall–Kier alpha value is -0.0300. The Morgan fingerprint density at radius 2 is 2.32 bits per heavy atom. The Morgan fingerprint density at radius 1 is 1.42 bits per heavy atom. The van der Waals surface area contributed by atoms with E-state index in [0.717, 1.165) is 19.6 Å². The fraction of sp³-hybridized carbons (Fsp3) is 0.733. The Morgan fingerprint density at radius 3 is 3.05 bits per heavy atom. The summed E-state index contributed by atoms with van der Waals surface area (Å²) in [7, 11) is 0. The first-order valence-electron chi connectivity index (χ1n) is 7.32. The summed E-state index contributed by atoms with van der Waals surface area (Å²) in [5.74, 6) is 2.47. The molecule has 106 valence electrons. The molecule has 0 aliphatic carbocycles. The molecular formula is C15H23NOS2. The van der Waals surface area contributed by atoms with Crippen LogP contribution in [0.15, 0.2) is 12.1 Å². The van der Waals surface area contributed by atoms with Crippen LogP contribution in [0.25, 0.3) is 0 Å². The van der Waals surface area contributed by atoms with Crippen molar-refractivity contribution in [3.8, 4) is 0 Å². The number of hydrogen-bond acceptors (Lipinski definition) is 4. The van der Waals surface area contributed by atoms with Gasteiger partial charge >= 0.3 is 0 Å². The van der Waals surface area contributed by atoms with Crippen LogP contribution in [0.4, 0.5) is 0 Å². The van der Waals surface area contributed by atoms with Crippen molar-refractivity contribution in [2.24, 2.45) is 0 Å². The van der Waals surface area contributed by atoms with E-state index in [2.05, 4.69) is 36.1 Å². The lowest BCUT2D eigenvalue weighted by Gasteiger charge is -2.38. The standard InChI is InChI=1S/C15H23NOS2/c1-2-13-3-4-14(19-13)10-16-12-5-7-17-15(9-12)6-8-18-11-15/h3-4,12,16H,2,5-11H2,1H3. The van der Waals surface area contributed by atoms with Crippen molar-refractivity contribution < 1.29 is 4.74 Å². The summed E-state index contributed by atoms with van der Waals surface area (Å²) in [6.07, 6.45) is 4.77. The third-order valence-electron chi connectivity index (χ3n) is 4.19. The number of thiophene rings is 1. The molecule has 4 heteroatoms. The summed E-state index contributed by atoms with van der Waals surface area (Å²) in [6, 6.07) is 5.18. The van der Waals surface area contributed by atoms with E-state index in [4.69, 9.17) is 4.74 Å². The summed E-state index contributed by atoms with van der Waals surface area (Å²) >= 11 is 4.00. The summed E-state index contributed by atoms with van der Waals surface area (Å²) < 4.78 is 6.07. The number of nitrogens with one attached hydrogen (secondary N) is 1. The number of aryl methyl sites for hydroxylation is 1. The molecule has 1 N–H and O–H groups in total. The zero-order valence-electron chi connectivity index (χ0n) is 11.6. The van der Waals surface area contributed by atoms with Gasteiger partial charge in [0.25, 0.3) is 0 Å². The molecule has 2 fully saturated rings. The van der Waals surface area contributed by atoms with Crippen molar-refractivity contribution in [3.63, 3.8) is 0 Å². The lowest BCUT2D eigenvalue weighted by atomic mass is 9.90. The Bertz CT molecular complexity index is 412. The molecule has 2 nitrogen and oxygen atoms in total. The lowest BCUT2D eigenvalue weighted by molar-refractivity contribution is -0.0702. The maximum absolute atomic E-state index is 6.07. The first kappa shape index (κ1) is 13.9. The predicted molar refractivity (Wildman–Crippen MR) is 84.2 cm³/mol. The number of rotatable bonds is 4. The quantitative estimate of drug-likeness (QED) is 0.919. The van der Waals surface area contributed by atoms with Gasteiger partial charge in [0.05, 0.1) is 5.60 Å². The van der Waals surface area contributed by atoms with Gasteiger partial charge in [0.15, 0.2) is 0 Å². The van der Waals surface area contributed by atoms with Crippen molar-refractivity contribution in [2.45, 2.75) is 50.8 Å². The van der Waals surface area contributed by atoms with E-state index in [9.17, 15) is 0 Å². The van der Waals surface area contributed by atoms with Gasteiger partial charge in [-0.25, -0.2) is 0 Å². The van der Waals surface area contributed by atoms with Gasteiger partial charge in [-0.05, 0) is 43.6 Å². The van der Waals surface area contributed by atoms with E-state index in [0.29, 0.717) is 6.04 Å². The summed E-state index contributed by atoms with van der Waals surface area (Å²) in [6.45, 7) is 4.18. The molecule has 0 bridgehead atoms. The second kappa shape index (κ2) is 6.17. The highest BCUT2D eigenvalue weighted by molar-refractivity contribution is 7.99. The van der Waals surface area contributed by atoms with Crippen LogP contribution in [0.2, 0.25) is 0 Å². The van der Waals surface area contributed by atoms with E-state index in [-0.39, 0.29) is 5.60 Å². The van der Waals surface area contributed by atoms with Gasteiger partial charge in [-0.3, -0.25) is 0 Å². The van der Waals surface area contributed by atoms with Crippen LogP contribution < -0.4 is 5.32 Å². The van der Waals surface area contributed by atoms with Crippen LogP contribution in [0.3, 0.4) is 0 Å². The van der Waals surface area contributed by atoms with Crippen LogP contribution in [-0.2, 0) is 17.7 Å². The van der Waals surface area contributed by atoms with Gasteiger partial charge < -0.3 is 10.1 Å². The maximum Gasteiger partial charge on any atom is 0.0795 e. The zero-order chi connectivity index (χ0) is 13.1. The van der Waals surface area contributed by atoms with Crippen LogP contribution in [0.1, 0.15) is 35.9 Å². The van der Waals surface area contributed by atoms with E-state index in [1.165, 1.54) is 40.5 Å². The Labute approximate surface area is 124 Å². The summed E-state index contributed by atoms with van der Waals surface area (Å²) in [4.78, 5) is 2.96. The molecule has 2 aliphatic rings. The van der Waals surface area contributed by atoms with Crippen molar-refractivity contribution >= 4 is 23.1 Å². The average molecular weight is 297 g/mol. The highest BCUT2D eigenvalue weighted by Gasteiger charge is 2.40. The molecule has 1 aromatic heterocycles. The molecule has 0 saturated carbocycles. The Balaban J connectivity index is 1.52. The van der Waals surface area contributed by atoms with Gasteiger partial charge in [-0.2, -0.15) is 11.8 Å². The molecule has 19 heavy (non-hydrogen) atoms. The first-order valence-corrected chi connectivity index (χ1v) is 9.29. The van der Waals surface area contributed by atoms with Gasteiger partial charge in [-0.1, -0.05) is 6.92 Å². The fourth-order valence-electron chi connectivity index (χ4n) is 3.02. The van der Waals surface area contributed by atoms with Gasteiger partial charge in [0.1, 0.15) is 0 Å². The first-order chi connectivity index (χ1) is 9.30. The van der Waals surface area contributed by atoms with Crippen molar-refractivity contribution in [1.29, 1.82) is 0 Å². The van der Waals surface area contributed by atoms with Crippen LogP contribution in [0, 0.1) is 0 Å². The van der Waals surface area contributed by atoms with E-state index in [1.807, 2.05) is 11.3 Å². The smallest absolute Gasteiger partial charge is 0.0795 e. The molecule has 1 aromatic rings. The highest BCUT2D eigenvalue weighted by atomic mass is 32.2. The molecule has 2 unspecified atom stereocenters. The van der Waals surface area contributed by atoms with E-state index < -0.39 is 0 Å². The maximum atomic E-state index is 6.07. The third-order valence-corrected chi connectivity index (χ3v) is 6.64. The topological polar surface area (TPSA) is 21.3 Å². The molecule has 3 heterocycles. The van der Waals surface area contributed by atoms with Gasteiger partial charge in [0.2, 0.25) is 0 Å². The number of hydrogen-bond donors (Lipinski definition) is 1. The summed E-state index contributed by atoms with van der Waals surface area (Å²) in [5.41, 5.74) is 0.199. The molecule has 0 amide bonds. The monoisotopic (exact) mass is 297 g/mol. The third kappa shape index (κ3) is 3.35. The molecule has 2 saturated heterocycles. The molecule has 2 aliphatic heterocycles. The number of thioether (sulfide) groups is 1. The Kier molecular flexibility index (Phi) is 4.52. The molecular weight excluding hydrogens is 274 g/mol. The van der Waals surface area contributed by atoms with Crippen LogP contribution in [-0.4, -0.2) is 29.8 Å². The average Bonchev–Trinajstić information content (AvgIpc) is 3.06. The van der Waals surface area contributed by atoms with Crippen LogP contribution in [0.5, 0.6) is 0 Å². The summed E-state index contributed by atoms with van der Waals surface area (Å²) in [5, 5.41) is 3.75. The van der Waals surface area contributed by atoms with Crippen LogP contribution >= 0.6 is 23.1 Å². The highest BCUT2D eigenvalue weighted by Crippen LogP contribution is 2.38. The largest absolute Gasteiger partial charge is 0.374 e. The molecule has 3 rings (SSSR count). The molecule has 2 atom stereocenters. The molecule has 0 radical (unpaired) electrons. The van der Waals surface area contributed by atoms with Gasteiger partial charge in [-0.15, -0.1) is 11.3 Å². The minimum Gasteiger partial charge on any atom is -0.374 e. The minimum absolute atomic E-state index is 0.199. The second-order valence-electron chi connectivity index (χ2n) is 5.63. The lowest BCUT2D eigenvalue weighted by Crippen LogP contribution is -2.46. The minimum atomic E-state index is 0.199. The van der Waals surface area contributed by atoms with E-state index >= 15 is 0 Å². The zero-order valence-corrected chi connectivity index (χ0v) is 13.2. The SMILES string of the molecule is CCc1ccc(CNC2CCOC3(CCSC3)C2)s1.